The molecule has 20 heavy (non-hydrogen) atoms. The van der Waals surface area contributed by atoms with Crippen LogP contribution in [0.5, 0.6) is 0 Å². The van der Waals surface area contributed by atoms with E-state index in [1.807, 2.05) is 32.4 Å². The molecule has 1 N–H and O–H groups in total. The maximum atomic E-state index is 11.8. The van der Waals surface area contributed by atoms with Crippen LogP contribution in [0.2, 0.25) is 0 Å². The highest BCUT2D eigenvalue weighted by molar-refractivity contribution is 5.68. The van der Waals surface area contributed by atoms with Crippen LogP contribution in [0.25, 0.3) is 0 Å². The minimum absolute atomic E-state index is 0.153. The summed E-state index contributed by atoms with van der Waals surface area (Å²) in [5, 5.41) is 11.1. The van der Waals surface area contributed by atoms with E-state index in [0.717, 1.165) is 31.5 Å². The van der Waals surface area contributed by atoms with E-state index >= 15 is 0 Å². The van der Waals surface area contributed by atoms with Gasteiger partial charge in [-0.2, -0.15) is 0 Å². The third-order valence-electron chi connectivity index (χ3n) is 3.51. The molecular weight excluding hydrogens is 256 g/mol. The van der Waals surface area contributed by atoms with Gasteiger partial charge in [-0.25, -0.2) is 4.79 Å². The second-order valence-electron chi connectivity index (χ2n) is 6.51. The number of ether oxygens (including phenoxy) is 1. The van der Waals surface area contributed by atoms with E-state index in [9.17, 15) is 4.79 Å². The third kappa shape index (κ3) is 3.95. The molecule has 1 heterocycles. The summed E-state index contributed by atoms with van der Waals surface area (Å²) in [6.07, 6.45) is 5.46. The summed E-state index contributed by atoms with van der Waals surface area (Å²) in [4.78, 5) is 11.8. The molecule has 1 amide bonds. The van der Waals surface area contributed by atoms with Crippen molar-refractivity contribution in [2.75, 3.05) is 0 Å². The van der Waals surface area contributed by atoms with Crippen LogP contribution >= 0.6 is 0 Å². The molecule has 0 saturated heterocycles. The molecule has 0 aromatic carbocycles. The Morgan fingerprint density at radius 1 is 1.45 bits per heavy atom. The van der Waals surface area contributed by atoms with Crippen molar-refractivity contribution in [2.45, 2.75) is 64.0 Å². The molecule has 6 heteroatoms. The van der Waals surface area contributed by atoms with Gasteiger partial charge >= 0.3 is 6.09 Å². The van der Waals surface area contributed by atoms with Crippen molar-refractivity contribution in [1.29, 1.82) is 0 Å². The average Bonchev–Trinajstić information content (AvgIpc) is 2.73. The largest absolute Gasteiger partial charge is 0.444 e. The van der Waals surface area contributed by atoms with Gasteiger partial charge < -0.3 is 14.6 Å². The predicted octanol–water partition coefficient (Wildman–Crippen LogP) is 2.37. The van der Waals surface area contributed by atoms with Crippen LogP contribution in [-0.2, 0) is 11.8 Å². The molecule has 0 bridgehead atoms. The summed E-state index contributed by atoms with van der Waals surface area (Å²) >= 11 is 0. The van der Waals surface area contributed by atoms with Crippen LogP contribution < -0.4 is 5.32 Å². The molecule has 1 aromatic heterocycles. The molecule has 2 rings (SSSR count). The number of nitrogens with one attached hydrogen (secondary N) is 1. The molecule has 0 aliphatic heterocycles. The Morgan fingerprint density at radius 3 is 2.80 bits per heavy atom. The first-order valence-electron chi connectivity index (χ1n) is 7.18. The lowest BCUT2D eigenvalue weighted by Gasteiger charge is -2.30. The van der Waals surface area contributed by atoms with Crippen LogP contribution in [0, 0.1) is 0 Å². The van der Waals surface area contributed by atoms with Crippen LogP contribution in [0.1, 0.15) is 58.2 Å². The van der Waals surface area contributed by atoms with Crippen LogP contribution in [0.3, 0.4) is 0 Å². The first kappa shape index (κ1) is 14.8. The Bertz CT molecular complexity index is 464. The summed E-state index contributed by atoms with van der Waals surface area (Å²) < 4.78 is 7.27. The number of aromatic nitrogens is 3. The van der Waals surface area contributed by atoms with Gasteiger partial charge in [0.05, 0.1) is 0 Å². The molecule has 1 saturated carbocycles. The van der Waals surface area contributed by atoms with Crippen molar-refractivity contribution >= 4 is 6.09 Å². The number of aryl methyl sites for hydroxylation is 1. The Kier molecular flexibility index (Phi) is 4.30. The smallest absolute Gasteiger partial charge is 0.407 e. The molecule has 1 fully saturated rings. The fourth-order valence-corrected chi connectivity index (χ4v) is 2.69. The van der Waals surface area contributed by atoms with Gasteiger partial charge in [-0.1, -0.05) is 6.42 Å². The van der Waals surface area contributed by atoms with E-state index < -0.39 is 5.60 Å². The summed E-state index contributed by atoms with van der Waals surface area (Å²) in [6.45, 7) is 5.61. The van der Waals surface area contributed by atoms with Crippen molar-refractivity contribution in [3.63, 3.8) is 0 Å². The second-order valence-corrected chi connectivity index (χ2v) is 6.51. The average molecular weight is 280 g/mol. The molecule has 2 atom stereocenters. The Morgan fingerprint density at radius 2 is 2.20 bits per heavy atom. The first-order chi connectivity index (χ1) is 9.35. The third-order valence-corrected chi connectivity index (χ3v) is 3.51. The standard InChI is InChI=1S/C14H24N4O2/c1-14(2,3)20-13(19)16-11-7-5-6-10(8-11)12-17-15-9-18(12)4/h9-11H,5-8H2,1-4H3,(H,16,19)/t10-,11+/m0/s1. The zero-order chi connectivity index (χ0) is 14.8. The molecule has 1 aliphatic rings. The Hall–Kier alpha value is -1.59. The van der Waals surface area contributed by atoms with Crippen molar-refractivity contribution in [3.8, 4) is 0 Å². The number of nitrogens with zero attached hydrogens (tertiary/aromatic N) is 3. The Balaban J connectivity index is 1.91. The molecular formula is C14H24N4O2. The number of carbonyl (C=O) groups excluding carboxylic acids is 1. The maximum Gasteiger partial charge on any atom is 0.407 e. The fourth-order valence-electron chi connectivity index (χ4n) is 2.69. The fraction of sp³-hybridized carbons (Fsp3) is 0.786. The highest BCUT2D eigenvalue weighted by Gasteiger charge is 2.28. The van der Waals surface area contributed by atoms with Gasteiger partial charge in [-0.3, -0.25) is 0 Å². The van der Waals surface area contributed by atoms with Gasteiger partial charge in [0.25, 0.3) is 0 Å². The van der Waals surface area contributed by atoms with Crippen LogP contribution in [0.4, 0.5) is 4.79 Å². The van der Waals surface area contributed by atoms with Crippen molar-refractivity contribution in [2.24, 2.45) is 7.05 Å². The molecule has 6 nitrogen and oxygen atoms in total. The quantitative estimate of drug-likeness (QED) is 0.903. The van der Waals surface area contributed by atoms with Crippen molar-refractivity contribution in [3.05, 3.63) is 12.2 Å². The number of alkyl carbamates (subject to hydrolysis) is 1. The predicted molar refractivity (Wildman–Crippen MR) is 75.4 cm³/mol. The normalized spacial score (nSPS) is 23.4. The van der Waals surface area contributed by atoms with Crippen molar-refractivity contribution in [1.82, 2.24) is 20.1 Å². The summed E-state index contributed by atoms with van der Waals surface area (Å²) in [5.74, 6) is 1.36. The highest BCUT2D eigenvalue weighted by atomic mass is 16.6. The van der Waals surface area contributed by atoms with Gasteiger partial charge in [0, 0.05) is 19.0 Å². The summed E-state index contributed by atoms with van der Waals surface area (Å²) in [7, 11) is 1.96. The summed E-state index contributed by atoms with van der Waals surface area (Å²) in [6, 6.07) is 0.153. The number of hydrogen-bond donors (Lipinski definition) is 1. The van der Waals surface area contributed by atoms with Gasteiger partial charge in [-0.15, -0.1) is 10.2 Å². The lowest BCUT2D eigenvalue weighted by molar-refractivity contribution is 0.0490. The first-order valence-corrected chi connectivity index (χ1v) is 7.18. The lowest BCUT2D eigenvalue weighted by atomic mass is 9.85. The van der Waals surface area contributed by atoms with E-state index in [1.54, 1.807) is 6.33 Å². The highest BCUT2D eigenvalue weighted by Crippen LogP contribution is 2.31. The van der Waals surface area contributed by atoms with Gasteiger partial charge in [-0.05, 0) is 40.0 Å². The zero-order valence-corrected chi connectivity index (χ0v) is 12.7. The molecule has 1 aliphatic carbocycles. The Labute approximate surface area is 119 Å². The number of carbonyl (C=O) groups is 1. The lowest BCUT2D eigenvalue weighted by Crippen LogP contribution is -2.41. The van der Waals surface area contributed by atoms with Crippen LogP contribution in [-0.4, -0.2) is 32.5 Å². The molecule has 112 valence electrons. The molecule has 0 radical (unpaired) electrons. The second kappa shape index (κ2) is 5.81. The van der Waals surface area contributed by atoms with Gasteiger partial charge in [0.15, 0.2) is 0 Å². The van der Waals surface area contributed by atoms with Crippen molar-refractivity contribution < 1.29 is 9.53 Å². The number of amides is 1. The number of rotatable bonds is 2. The van der Waals surface area contributed by atoms with E-state index in [-0.39, 0.29) is 12.1 Å². The molecule has 0 spiro atoms. The minimum atomic E-state index is -0.457. The monoisotopic (exact) mass is 280 g/mol. The van der Waals surface area contributed by atoms with E-state index in [4.69, 9.17) is 4.74 Å². The van der Waals surface area contributed by atoms with Gasteiger partial charge in [0.2, 0.25) is 0 Å². The van der Waals surface area contributed by atoms with E-state index in [2.05, 4.69) is 15.5 Å². The molecule has 1 aromatic rings. The van der Waals surface area contributed by atoms with E-state index in [1.165, 1.54) is 0 Å². The minimum Gasteiger partial charge on any atom is -0.444 e. The topological polar surface area (TPSA) is 69.0 Å². The SMILES string of the molecule is Cn1cnnc1[C@H]1CCC[C@@H](NC(=O)OC(C)(C)C)C1. The van der Waals surface area contributed by atoms with Crippen LogP contribution in [0.15, 0.2) is 6.33 Å². The number of hydrogen-bond acceptors (Lipinski definition) is 4. The maximum absolute atomic E-state index is 11.8. The zero-order valence-electron chi connectivity index (χ0n) is 12.7. The van der Waals surface area contributed by atoms with Gasteiger partial charge in [0.1, 0.15) is 17.8 Å². The molecule has 0 unspecified atom stereocenters. The summed E-state index contributed by atoms with van der Waals surface area (Å²) in [5.41, 5.74) is -0.457. The van der Waals surface area contributed by atoms with E-state index in [0.29, 0.717) is 5.92 Å².